The van der Waals surface area contributed by atoms with Gasteiger partial charge in [0.2, 0.25) is 0 Å². The summed E-state index contributed by atoms with van der Waals surface area (Å²) in [4.78, 5) is 4.66. The van der Waals surface area contributed by atoms with E-state index in [0.717, 1.165) is 50.0 Å². The molecule has 21 heavy (non-hydrogen) atoms. The summed E-state index contributed by atoms with van der Waals surface area (Å²) >= 11 is 0. The molecule has 4 heteroatoms. The second kappa shape index (κ2) is 7.48. The van der Waals surface area contributed by atoms with Crippen LogP contribution in [-0.4, -0.2) is 35.8 Å². The van der Waals surface area contributed by atoms with Gasteiger partial charge in [-0.15, -0.1) is 0 Å². The number of nitrogens with one attached hydrogen (secondary N) is 2. The van der Waals surface area contributed by atoms with Crippen LogP contribution in [0.1, 0.15) is 65.7 Å². The van der Waals surface area contributed by atoms with Crippen molar-refractivity contribution in [2.45, 2.75) is 77.4 Å². The highest BCUT2D eigenvalue weighted by atomic mass is 16.3. The summed E-state index contributed by atoms with van der Waals surface area (Å²) < 4.78 is 0. The molecule has 2 aliphatic rings. The molecule has 0 bridgehead atoms. The molecule has 0 radical (unpaired) electrons. The summed E-state index contributed by atoms with van der Waals surface area (Å²) in [6.45, 7) is 8.17. The van der Waals surface area contributed by atoms with E-state index in [1.807, 2.05) is 0 Å². The van der Waals surface area contributed by atoms with Gasteiger partial charge in [0.15, 0.2) is 5.96 Å². The first-order chi connectivity index (χ1) is 10.0. The lowest BCUT2D eigenvalue weighted by molar-refractivity contribution is 0.0573. The summed E-state index contributed by atoms with van der Waals surface area (Å²) in [5.41, 5.74) is -0.560. The molecule has 0 aromatic heterocycles. The Morgan fingerprint density at radius 1 is 1.14 bits per heavy atom. The first kappa shape index (κ1) is 16.6. The van der Waals surface area contributed by atoms with Crippen molar-refractivity contribution in [3.63, 3.8) is 0 Å². The molecule has 3 N–H and O–H groups in total. The zero-order valence-electron chi connectivity index (χ0n) is 14.0. The molecule has 2 saturated carbocycles. The third-order valence-corrected chi connectivity index (χ3v) is 4.93. The van der Waals surface area contributed by atoms with Gasteiger partial charge in [-0.05, 0) is 50.9 Å². The van der Waals surface area contributed by atoms with Crippen molar-refractivity contribution in [3.8, 4) is 0 Å². The zero-order valence-corrected chi connectivity index (χ0v) is 14.0. The molecule has 2 fully saturated rings. The van der Waals surface area contributed by atoms with E-state index < -0.39 is 5.60 Å². The predicted molar refractivity (Wildman–Crippen MR) is 88.5 cm³/mol. The first-order valence-corrected chi connectivity index (χ1v) is 8.78. The van der Waals surface area contributed by atoms with Crippen LogP contribution in [0.2, 0.25) is 0 Å². The summed E-state index contributed by atoms with van der Waals surface area (Å²) in [5, 5.41) is 17.4. The van der Waals surface area contributed by atoms with E-state index in [1.54, 1.807) is 0 Å². The van der Waals surface area contributed by atoms with Gasteiger partial charge in [-0.25, -0.2) is 0 Å². The second-order valence-electron chi connectivity index (χ2n) is 7.39. The average molecular weight is 295 g/mol. The van der Waals surface area contributed by atoms with Crippen LogP contribution in [0.15, 0.2) is 4.99 Å². The predicted octanol–water partition coefficient (Wildman–Crippen LogP) is 2.67. The number of aliphatic hydroxyl groups is 1. The first-order valence-electron chi connectivity index (χ1n) is 8.78. The van der Waals surface area contributed by atoms with Crippen LogP contribution in [0, 0.1) is 11.8 Å². The number of nitrogens with zero attached hydrogens (tertiary/aromatic N) is 1. The van der Waals surface area contributed by atoms with Gasteiger partial charge in [0, 0.05) is 12.6 Å². The molecule has 4 nitrogen and oxygen atoms in total. The molecular weight excluding hydrogens is 262 g/mol. The summed E-state index contributed by atoms with van der Waals surface area (Å²) in [6.07, 6.45) is 7.84. The van der Waals surface area contributed by atoms with Gasteiger partial charge in [0.05, 0.1) is 12.1 Å². The van der Waals surface area contributed by atoms with Gasteiger partial charge >= 0.3 is 0 Å². The quantitative estimate of drug-likeness (QED) is 0.552. The molecule has 0 aromatic rings. The molecule has 0 aliphatic heterocycles. The molecular formula is C17H33N3O. The van der Waals surface area contributed by atoms with Crippen LogP contribution < -0.4 is 10.6 Å². The van der Waals surface area contributed by atoms with E-state index >= 15 is 0 Å². The highest BCUT2D eigenvalue weighted by molar-refractivity contribution is 5.80. The monoisotopic (exact) mass is 295 g/mol. The summed E-state index contributed by atoms with van der Waals surface area (Å²) in [5.74, 6) is 2.45. The van der Waals surface area contributed by atoms with Crippen LogP contribution in [0.3, 0.4) is 0 Å². The standard InChI is InChI=1S/C17H33N3O/c1-4-18-16(19-12-17(21)7-5-6-8-17)20-15-10-13(2)9-14(3)11-15/h13-15,21H,4-12H2,1-3H3,(H2,18,19,20). The van der Waals surface area contributed by atoms with Crippen molar-refractivity contribution in [2.75, 3.05) is 13.1 Å². The Morgan fingerprint density at radius 2 is 1.76 bits per heavy atom. The largest absolute Gasteiger partial charge is 0.388 e. The molecule has 122 valence electrons. The van der Waals surface area contributed by atoms with E-state index in [0.29, 0.717) is 12.6 Å². The minimum atomic E-state index is -0.560. The Bertz CT molecular complexity index is 340. The third-order valence-electron chi connectivity index (χ3n) is 4.93. The van der Waals surface area contributed by atoms with Gasteiger partial charge in [0.25, 0.3) is 0 Å². The SMILES string of the molecule is CCNC(=NCC1(O)CCCC1)NC1CC(C)CC(C)C1. The lowest BCUT2D eigenvalue weighted by Crippen LogP contribution is -2.47. The third kappa shape index (κ3) is 5.17. The maximum Gasteiger partial charge on any atom is 0.191 e. The van der Waals surface area contributed by atoms with Gasteiger partial charge in [-0.1, -0.05) is 26.7 Å². The molecule has 0 saturated heterocycles. The molecule has 2 rings (SSSR count). The van der Waals surface area contributed by atoms with E-state index in [1.165, 1.54) is 19.3 Å². The summed E-state index contributed by atoms with van der Waals surface area (Å²) in [7, 11) is 0. The number of guanidine groups is 1. The Kier molecular flexibility index (Phi) is 5.91. The summed E-state index contributed by atoms with van der Waals surface area (Å²) in [6, 6.07) is 0.514. The van der Waals surface area contributed by atoms with Crippen molar-refractivity contribution >= 4 is 5.96 Å². The molecule has 2 unspecified atom stereocenters. The Morgan fingerprint density at radius 3 is 2.33 bits per heavy atom. The Balaban J connectivity index is 1.91. The average Bonchev–Trinajstić information content (AvgIpc) is 2.83. The topological polar surface area (TPSA) is 56.7 Å². The van der Waals surface area contributed by atoms with Crippen molar-refractivity contribution in [1.82, 2.24) is 10.6 Å². The van der Waals surface area contributed by atoms with Crippen molar-refractivity contribution in [2.24, 2.45) is 16.8 Å². The van der Waals surface area contributed by atoms with Gasteiger partial charge in [-0.3, -0.25) is 4.99 Å². The Hall–Kier alpha value is -0.770. The Labute approximate surface area is 129 Å². The molecule has 0 amide bonds. The molecule has 2 atom stereocenters. The van der Waals surface area contributed by atoms with Crippen molar-refractivity contribution < 1.29 is 5.11 Å². The van der Waals surface area contributed by atoms with Crippen molar-refractivity contribution in [1.29, 1.82) is 0 Å². The van der Waals surface area contributed by atoms with Crippen LogP contribution in [0.4, 0.5) is 0 Å². The smallest absolute Gasteiger partial charge is 0.191 e. The highest BCUT2D eigenvalue weighted by Crippen LogP contribution is 2.30. The van der Waals surface area contributed by atoms with Crippen LogP contribution in [0.5, 0.6) is 0 Å². The fourth-order valence-corrected chi connectivity index (χ4v) is 4.00. The number of aliphatic imine (C=N–C) groups is 1. The van der Waals surface area contributed by atoms with Crippen LogP contribution in [0.25, 0.3) is 0 Å². The maximum absolute atomic E-state index is 10.4. The number of hydrogen-bond donors (Lipinski definition) is 3. The van der Waals surface area contributed by atoms with Gasteiger partial charge in [-0.2, -0.15) is 0 Å². The zero-order chi connectivity index (χ0) is 15.3. The molecule has 2 aliphatic carbocycles. The fourth-order valence-electron chi connectivity index (χ4n) is 4.00. The maximum atomic E-state index is 10.4. The van der Waals surface area contributed by atoms with Crippen LogP contribution in [-0.2, 0) is 0 Å². The highest BCUT2D eigenvalue weighted by Gasteiger charge is 2.31. The molecule has 0 aromatic carbocycles. The van der Waals surface area contributed by atoms with E-state index in [-0.39, 0.29) is 0 Å². The van der Waals surface area contributed by atoms with Gasteiger partial charge in [0.1, 0.15) is 0 Å². The van der Waals surface area contributed by atoms with E-state index in [2.05, 4.69) is 36.4 Å². The minimum Gasteiger partial charge on any atom is -0.388 e. The normalized spacial score (nSPS) is 33.0. The lowest BCUT2D eigenvalue weighted by Gasteiger charge is -2.33. The van der Waals surface area contributed by atoms with Crippen molar-refractivity contribution in [3.05, 3.63) is 0 Å². The minimum absolute atomic E-state index is 0.514. The van der Waals surface area contributed by atoms with Gasteiger partial charge < -0.3 is 15.7 Å². The van der Waals surface area contributed by atoms with E-state index in [4.69, 9.17) is 0 Å². The van der Waals surface area contributed by atoms with E-state index in [9.17, 15) is 5.11 Å². The second-order valence-corrected chi connectivity index (χ2v) is 7.39. The lowest BCUT2D eigenvalue weighted by atomic mass is 9.80. The fraction of sp³-hybridized carbons (Fsp3) is 0.941. The van der Waals surface area contributed by atoms with Crippen LogP contribution >= 0.6 is 0 Å². The number of rotatable bonds is 4. The molecule has 0 heterocycles. The molecule has 0 spiro atoms. The number of hydrogen-bond acceptors (Lipinski definition) is 2.